The molecule has 7 nitrogen and oxygen atoms in total. The monoisotopic (exact) mass is 424 g/mol. The fourth-order valence-electron chi connectivity index (χ4n) is 4.14. The van der Waals surface area contributed by atoms with E-state index in [0.29, 0.717) is 12.4 Å². The van der Waals surface area contributed by atoms with E-state index in [1.165, 1.54) is 0 Å². The number of rotatable bonds is 5. The normalized spacial score (nSPS) is 16.0. The van der Waals surface area contributed by atoms with Gasteiger partial charge in [-0.1, -0.05) is 48.5 Å². The third kappa shape index (κ3) is 4.23. The molecule has 0 bridgehead atoms. The van der Waals surface area contributed by atoms with E-state index in [2.05, 4.69) is 37.4 Å². The second kappa shape index (κ2) is 9.01. The summed E-state index contributed by atoms with van der Waals surface area (Å²) in [7, 11) is 0. The molecule has 1 aliphatic rings. The van der Waals surface area contributed by atoms with E-state index in [1.807, 2.05) is 60.8 Å². The lowest BCUT2D eigenvalue weighted by molar-refractivity contribution is -0.120. The number of nitrogens with zero attached hydrogens (tertiary/aromatic N) is 5. The highest BCUT2D eigenvalue weighted by atomic mass is 16.1. The first-order valence-electron chi connectivity index (χ1n) is 10.8. The number of hydrogen-bond donors (Lipinski definition) is 1. The molecule has 4 aromatic rings. The maximum atomic E-state index is 13.2. The van der Waals surface area contributed by atoms with Crippen LogP contribution in [0.4, 0.5) is 11.5 Å². The molecule has 1 atom stereocenters. The Hall–Kier alpha value is -4.00. The highest BCUT2D eigenvalue weighted by Crippen LogP contribution is 2.29. The van der Waals surface area contributed by atoms with E-state index in [-0.39, 0.29) is 11.8 Å². The van der Waals surface area contributed by atoms with Crippen LogP contribution in [0.2, 0.25) is 0 Å². The molecule has 1 amide bonds. The van der Waals surface area contributed by atoms with Crippen LogP contribution in [-0.2, 0) is 4.79 Å². The van der Waals surface area contributed by atoms with Crippen LogP contribution in [-0.4, -0.2) is 38.7 Å². The number of hydrogen-bond acceptors (Lipinski definition) is 5. The minimum Gasteiger partial charge on any atom is -0.356 e. The first-order chi connectivity index (χ1) is 15.8. The van der Waals surface area contributed by atoms with E-state index in [1.54, 1.807) is 17.2 Å². The summed E-state index contributed by atoms with van der Waals surface area (Å²) in [6, 6.07) is 21.8. The zero-order chi connectivity index (χ0) is 21.8. The van der Waals surface area contributed by atoms with Crippen LogP contribution in [0, 0.1) is 5.92 Å². The second-order valence-electron chi connectivity index (χ2n) is 7.87. The van der Waals surface area contributed by atoms with Crippen LogP contribution in [0.15, 0.2) is 85.5 Å². The SMILES string of the molecule is O=C(Nc1ccccc1-c1ccccc1)C1CCCN(c2cc(-n3cccn3)ncn2)C1. The number of aromatic nitrogens is 4. The number of piperidine rings is 1. The average Bonchev–Trinajstić information content (AvgIpc) is 3.40. The topological polar surface area (TPSA) is 75.9 Å². The van der Waals surface area contributed by atoms with Crippen LogP contribution in [0.3, 0.4) is 0 Å². The van der Waals surface area contributed by atoms with E-state index in [9.17, 15) is 4.79 Å². The highest BCUT2D eigenvalue weighted by molar-refractivity contribution is 5.97. The van der Waals surface area contributed by atoms with Gasteiger partial charge in [0.25, 0.3) is 0 Å². The summed E-state index contributed by atoms with van der Waals surface area (Å²) in [4.78, 5) is 24.1. The standard InChI is InChI=1S/C25H24N6O/c32-25(29-22-12-5-4-11-21(22)19-8-2-1-3-9-19)20-10-6-14-30(17-20)23-16-24(27-18-26-23)31-15-7-13-28-31/h1-5,7-9,11-13,15-16,18,20H,6,10,14,17H2,(H,29,32). The van der Waals surface area contributed by atoms with Crippen LogP contribution < -0.4 is 10.2 Å². The van der Waals surface area contributed by atoms with Crippen LogP contribution in [0.25, 0.3) is 16.9 Å². The fourth-order valence-corrected chi connectivity index (χ4v) is 4.14. The minimum absolute atomic E-state index is 0.0411. The third-order valence-electron chi connectivity index (χ3n) is 5.76. The molecule has 7 heteroatoms. The number of amides is 1. The molecule has 1 fully saturated rings. The predicted molar refractivity (Wildman–Crippen MR) is 125 cm³/mol. The summed E-state index contributed by atoms with van der Waals surface area (Å²) in [5.74, 6) is 1.45. The maximum Gasteiger partial charge on any atom is 0.229 e. The van der Waals surface area contributed by atoms with E-state index < -0.39 is 0 Å². The summed E-state index contributed by atoms with van der Waals surface area (Å²) in [5.41, 5.74) is 2.94. The van der Waals surface area contributed by atoms with Gasteiger partial charge in [0.1, 0.15) is 12.1 Å². The molecule has 0 aliphatic carbocycles. The van der Waals surface area contributed by atoms with Gasteiger partial charge in [-0.3, -0.25) is 4.79 Å². The zero-order valence-electron chi connectivity index (χ0n) is 17.6. The van der Waals surface area contributed by atoms with E-state index in [4.69, 9.17) is 0 Å². The molecular weight excluding hydrogens is 400 g/mol. The molecule has 1 saturated heterocycles. The third-order valence-corrected chi connectivity index (χ3v) is 5.76. The highest BCUT2D eigenvalue weighted by Gasteiger charge is 2.27. The van der Waals surface area contributed by atoms with Crippen molar-refractivity contribution in [1.29, 1.82) is 0 Å². The Labute approximate surface area is 186 Å². The molecule has 0 saturated carbocycles. The summed E-state index contributed by atoms with van der Waals surface area (Å²) >= 11 is 0. The smallest absolute Gasteiger partial charge is 0.229 e. The second-order valence-corrected chi connectivity index (χ2v) is 7.87. The summed E-state index contributed by atoms with van der Waals surface area (Å²) in [6.07, 6.45) is 6.90. The zero-order valence-corrected chi connectivity index (χ0v) is 17.6. The van der Waals surface area contributed by atoms with Gasteiger partial charge in [0.15, 0.2) is 5.82 Å². The quantitative estimate of drug-likeness (QED) is 0.520. The van der Waals surface area contributed by atoms with E-state index >= 15 is 0 Å². The molecule has 1 N–H and O–H groups in total. The van der Waals surface area contributed by atoms with Crippen LogP contribution in [0.5, 0.6) is 0 Å². The maximum absolute atomic E-state index is 13.2. The van der Waals surface area contributed by atoms with Crippen molar-refractivity contribution in [2.75, 3.05) is 23.3 Å². The van der Waals surface area contributed by atoms with Gasteiger partial charge in [0.05, 0.1) is 5.92 Å². The van der Waals surface area contributed by atoms with Crippen molar-refractivity contribution >= 4 is 17.4 Å². The Morgan fingerprint density at radius 3 is 2.62 bits per heavy atom. The van der Waals surface area contributed by atoms with Crippen molar-refractivity contribution in [3.8, 4) is 16.9 Å². The number of nitrogens with one attached hydrogen (secondary N) is 1. The van der Waals surface area contributed by atoms with Gasteiger partial charge >= 0.3 is 0 Å². The van der Waals surface area contributed by atoms with Gasteiger partial charge in [-0.05, 0) is 30.5 Å². The van der Waals surface area contributed by atoms with Gasteiger partial charge in [0.2, 0.25) is 5.91 Å². The minimum atomic E-state index is -0.115. The molecule has 2 aromatic carbocycles. The number of carbonyl (C=O) groups excluding carboxylic acids is 1. The molecule has 5 rings (SSSR count). The summed E-state index contributed by atoms with van der Waals surface area (Å²) < 4.78 is 1.71. The molecule has 1 unspecified atom stereocenters. The fraction of sp³-hybridized carbons (Fsp3) is 0.200. The number of benzene rings is 2. The van der Waals surface area contributed by atoms with Crippen molar-refractivity contribution in [2.45, 2.75) is 12.8 Å². The number of carbonyl (C=O) groups is 1. The van der Waals surface area contributed by atoms with Crippen molar-refractivity contribution in [3.05, 3.63) is 85.5 Å². The Balaban J connectivity index is 1.32. The van der Waals surface area contributed by atoms with Crippen molar-refractivity contribution < 1.29 is 4.79 Å². The number of anilines is 2. The number of para-hydroxylation sites is 1. The lowest BCUT2D eigenvalue weighted by atomic mass is 9.96. The first-order valence-corrected chi connectivity index (χ1v) is 10.8. The van der Waals surface area contributed by atoms with Crippen LogP contribution >= 0.6 is 0 Å². The van der Waals surface area contributed by atoms with Gasteiger partial charge in [-0.15, -0.1) is 0 Å². The van der Waals surface area contributed by atoms with Gasteiger partial charge in [-0.25, -0.2) is 14.6 Å². The van der Waals surface area contributed by atoms with Crippen molar-refractivity contribution in [1.82, 2.24) is 19.7 Å². The Kier molecular flexibility index (Phi) is 5.61. The van der Waals surface area contributed by atoms with Gasteiger partial charge < -0.3 is 10.2 Å². The predicted octanol–water partition coefficient (Wildman–Crippen LogP) is 4.18. The molecule has 32 heavy (non-hydrogen) atoms. The molecule has 0 spiro atoms. The molecular formula is C25H24N6O. The van der Waals surface area contributed by atoms with Gasteiger partial charge in [-0.2, -0.15) is 5.10 Å². The lowest BCUT2D eigenvalue weighted by Gasteiger charge is -2.33. The van der Waals surface area contributed by atoms with E-state index in [0.717, 1.165) is 42.0 Å². The molecule has 0 radical (unpaired) electrons. The first kappa shape index (κ1) is 19.9. The average molecular weight is 425 g/mol. The molecule has 3 heterocycles. The molecule has 160 valence electrons. The Morgan fingerprint density at radius 1 is 0.969 bits per heavy atom. The molecule has 2 aromatic heterocycles. The van der Waals surface area contributed by atoms with Gasteiger partial charge in [0, 0.05) is 42.8 Å². The Morgan fingerprint density at radius 2 is 1.78 bits per heavy atom. The Bertz CT molecular complexity index is 1190. The summed E-state index contributed by atoms with van der Waals surface area (Å²) in [6.45, 7) is 1.48. The lowest BCUT2D eigenvalue weighted by Crippen LogP contribution is -2.41. The largest absolute Gasteiger partial charge is 0.356 e. The van der Waals surface area contributed by atoms with Crippen molar-refractivity contribution in [3.63, 3.8) is 0 Å². The van der Waals surface area contributed by atoms with Crippen molar-refractivity contribution in [2.24, 2.45) is 5.92 Å². The molecule has 1 aliphatic heterocycles. The van der Waals surface area contributed by atoms with Crippen LogP contribution in [0.1, 0.15) is 12.8 Å². The summed E-state index contributed by atoms with van der Waals surface area (Å²) in [5, 5.41) is 7.41.